The maximum absolute atomic E-state index is 5.71. The highest BCUT2D eigenvalue weighted by Crippen LogP contribution is 2.36. The maximum Gasteiger partial charge on any atom is 0.231 e. The standard InChI is InChI=1S/C15H22N4O2.3ClH/c1-18(2)6-3-7-19-12-9-14-13(20-10-21-14)8-11(12)17-15(19)4-5-16;;;/h8-9H,3-7,10,16H2,1-2H3;3*1H. The van der Waals surface area contributed by atoms with Crippen molar-refractivity contribution < 1.29 is 9.47 Å². The quantitative estimate of drug-likeness (QED) is 0.808. The first-order valence-electron chi connectivity index (χ1n) is 7.32. The molecule has 0 unspecified atom stereocenters. The molecule has 0 aliphatic carbocycles. The Kier molecular flexibility index (Phi) is 9.77. The van der Waals surface area contributed by atoms with Crippen molar-refractivity contribution in [1.82, 2.24) is 14.5 Å². The van der Waals surface area contributed by atoms with Gasteiger partial charge < -0.3 is 24.7 Å². The predicted molar refractivity (Wildman–Crippen MR) is 104 cm³/mol. The molecular weight excluding hydrogens is 375 g/mol. The Labute approximate surface area is 160 Å². The Balaban J connectivity index is 0.00000176. The molecule has 1 aromatic carbocycles. The Hall–Kier alpha value is -0.920. The highest BCUT2D eigenvalue weighted by atomic mass is 35.5. The Morgan fingerprint density at radius 3 is 2.46 bits per heavy atom. The molecule has 2 heterocycles. The van der Waals surface area contributed by atoms with E-state index < -0.39 is 0 Å². The lowest BCUT2D eigenvalue weighted by Gasteiger charge is -2.12. The van der Waals surface area contributed by atoms with E-state index in [0.717, 1.165) is 54.3 Å². The summed E-state index contributed by atoms with van der Waals surface area (Å²) in [6.45, 7) is 2.87. The number of rotatable bonds is 6. The van der Waals surface area contributed by atoms with Gasteiger partial charge in [0, 0.05) is 25.1 Å². The lowest BCUT2D eigenvalue weighted by molar-refractivity contribution is 0.174. The largest absolute Gasteiger partial charge is 0.454 e. The van der Waals surface area contributed by atoms with Crippen LogP contribution in [0.15, 0.2) is 12.1 Å². The molecule has 1 aromatic heterocycles. The lowest BCUT2D eigenvalue weighted by Crippen LogP contribution is -2.16. The van der Waals surface area contributed by atoms with Crippen molar-refractivity contribution >= 4 is 48.3 Å². The van der Waals surface area contributed by atoms with Crippen LogP contribution in [0.1, 0.15) is 12.2 Å². The number of aromatic nitrogens is 2. The molecule has 0 spiro atoms. The van der Waals surface area contributed by atoms with Crippen molar-refractivity contribution in [3.63, 3.8) is 0 Å². The van der Waals surface area contributed by atoms with Gasteiger partial charge in [-0.1, -0.05) is 0 Å². The van der Waals surface area contributed by atoms with E-state index in [1.165, 1.54) is 0 Å². The van der Waals surface area contributed by atoms with Gasteiger partial charge in [-0.3, -0.25) is 0 Å². The first-order chi connectivity index (χ1) is 10.2. The zero-order chi connectivity index (χ0) is 14.8. The first kappa shape index (κ1) is 23.1. The van der Waals surface area contributed by atoms with Gasteiger partial charge in [-0.15, -0.1) is 37.2 Å². The minimum absolute atomic E-state index is 0. The molecule has 0 radical (unpaired) electrons. The van der Waals surface area contributed by atoms with Crippen LogP contribution in [-0.2, 0) is 13.0 Å². The van der Waals surface area contributed by atoms with Crippen LogP contribution >= 0.6 is 37.2 Å². The molecule has 0 amide bonds. The van der Waals surface area contributed by atoms with E-state index in [9.17, 15) is 0 Å². The van der Waals surface area contributed by atoms with Gasteiger partial charge in [0.1, 0.15) is 5.82 Å². The van der Waals surface area contributed by atoms with E-state index in [0.29, 0.717) is 6.54 Å². The number of hydrogen-bond donors (Lipinski definition) is 1. The summed E-state index contributed by atoms with van der Waals surface area (Å²) in [6.07, 6.45) is 1.85. The van der Waals surface area contributed by atoms with E-state index >= 15 is 0 Å². The van der Waals surface area contributed by atoms with E-state index in [1.54, 1.807) is 0 Å². The van der Waals surface area contributed by atoms with Crippen LogP contribution < -0.4 is 15.2 Å². The molecule has 138 valence electrons. The predicted octanol–water partition coefficient (Wildman–Crippen LogP) is 2.48. The van der Waals surface area contributed by atoms with Gasteiger partial charge in [-0.25, -0.2) is 4.98 Å². The van der Waals surface area contributed by atoms with Crippen molar-refractivity contribution in [2.75, 3.05) is 34.0 Å². The van der Waals surface area contributed by atoms with Crippen LogP contribution in [0, 0.1) is 0 Å². The van der Waals surface area contributed by atoms with Crippen molar-refractivity contribution in [2.45, 2.75) is 19.4 Å². The summed E-state index contributed by atoms with van der Waals surface area (Å²) in [6, 6.07) is 3.99. The molecular formula is C15H25Cl3N4O2. The maximum atomic E-state index is 5.71. The Bertz CT molecular complexity index is 649. The molecule has 0 saturated carbocycles. The minimum atomic E-state index is 0. The van der Waals surface area contributed by atoms with Crippen molar-refractivity contribution in [2.24, 2.45) is 5.73 Å². The third kappa shape index (κ3) is 4.80. The van der Waals surface area contributed by atoms with Crippen LogP contribution in [0.25, 0.3) is 11.0 Å². The SMILES string of the molecule is CN(C)CCCn1c(CCN)nc2cc3c(cc21)OCO3.Cl.Cl.Cl. The Morgan fingerprint density at radius 2 is 1.83 bits per heavy atom. The van der Waals surface area contributed by atoms with Crippen molar-refractivity contribution in [1.29, 1.82) is 0 Å². The number of halogens is 3. The summed E-state index contributed by atoms with van der Waals surface area (Å²) >= 11 is 0. The number of ether oxygens (including phenoxy) is 2. The molecule has 24 heavy (non-hydrogen) atoms. The molecule has 1 aliphatic rings. The van der Waals surface area contributed by atoms with Gasteiger partial charge in [0.15, 0.2) is 11.5 Å². The molecule has 0 fully saturated rings. The summed E-state index contributed by atoms with van der Waals surface area (Å²) in [5.41, 5.74) is 7.76. The third-order valence-electron chi connectivity index (χ3n) is 3.68. The number of fused-ring (bicyclic) bond motifs is 2. The summed E-state index contributed by atoms with van der Waals surface area (Å²) in [7, 11) is 4.18. The summed E-state index contributed by atoms with van der Waals surface area (Å²) < 4.78 is 13.2. The fraction of sp³-hybridized carbons (Fsp3) is 0.533. The average molecular weight is 400 g/mol. The zero-order valence-corrected chi connectivity index (χ0v) is 16.3. The molecule has 1 aliphatic heterocycles. The Morgan fingerprint density at radius 1 is 1.17 bits per heavy atom. The highest BCUT2D eigenvalue weighted by molar-refractivity contribution is 5.86. The van der Waals surface area contributed by atoms with Gasteiger partial charge in [0.05, 0.1) is 11.0 Å². The van der Waals surface area contributed by atoms with Crippen LogP contribution in [0.2, 0.25) is 0 Å². The smallest absolute Gasteiger partial charge is 0.231 e. The van der Waals surface area contributed by atoms with E-state index in [-0.39, 0.29) is 44.0 Å². The lowest BCUT2D eigenvalue weighted by atomic mass is 10.2. The second kappa shape index (κ2) is 10.2. The number of hydrogen-bond acceptors (Lipinski definition) is 5. The van der Waals surface area contributed by atoms with E-state index in [4.69, 9.17) is 20.2 Å². The molecule has 0 atom stereocenters. The van der Waals surface area contributed by atoms with E-state index in [1.807, 2.05) is 12.1 Å². The zero-order valence-electron chi connectivity index (χ0n) is 13.9. The van der Waals surface area contributed by atoms with Crippen LogP contribution in [-0.4, -0.2) is 48.4 Å². The number of nitrogens with zero attached hydrogens (tertiary/aromatic N) is 3. The molecule has 0 saturated heterocycles. The highest BCUT2D eigenvalue weighted by Gasteiger charge is 2.18. The van der Waals surface area contributed by atoms with Crippen LogP contribution in [0.5, 0.6) is 11.5 Å². The van der Waals surface area contributed by atoms with Gasteiger partial charge in [-0.05, 0) is 33.6 Å². The van der Waals surface area contributed by atoms with Gasteiger partial charge in [-0.2, -0.15) is 0 Å². The van der Waals surface area contributed by atoms with Crippen LogP contribution in [0.3, 0.4) is 0 Å². The van der Waals surface area contributed by atoms with Gasteiger partial charge in [0.2, 0.25) is 6.79 Å². The normalized spacial score (nSPS) is 11.8. The van der Waals surface area contributed by atoms with Gasteiger partial charge >= 0.3 is 0 Å². The number of benzene rings is 1. The second-order valence-electron chi connectivity index (χ2n) is 5.57. The molecule has 0 bridgehead atoms. The summed E-state index contributed by atoms with van der Waals surface area (Å²) in [5.74, 6) is 2.62. The fourth-order valence-electron chi connectivity index (χ4n) is 2.68. The number of nitrogens with two attached hydrogens (primary N) is 1. The minimum Gasteiger partial charge on any atom is -0.454 e. The molecule has 3 rings (SSSR count). The molecule has 2 aromatic rings. The second-order valence-corrected chi connectivity index (χ2v) is 5.57. The first-order valence-corrected chi connectivity index (χ1v) is 7.32. The average Bonchev–Trinajstić information content (AvgIpc) is 3.01. The topological polar surface area (TPSA) is 65.5 Å². The monoisotopic (exact) mass is 398 g/mol. The van der Waals surface area contributed by atoms with E-state index in [2.05, 4.69) is 23.6 Å². The molecule has 9 heteroatoms. The third-order valence-corrected chi connectivity index (χ3v) is 3.68. The van der Waals surface area contributed by atoms with Crippen molar-refractivity contribution in [3.05, 3.63) is 18.0 Å². The van der Waals surface area contributed by atoms with Gasteiger partial charge in [0.25, 0.3) is 0 Å². The van der Waals surface area contributed by atoms with Crippen molar-refractivity contribution in [3.8, 4) is 11.5 Å². The fourth-order valence-corrected chi connectivity index (χ4v) is 2.68. The number of imidazole rings is 1. The van der Waals surface area contributed by atoms with Crippen LogP contribution in [0.4, 0.5) is 0 Å². The summed E-state index contributed by atoms with van der Waals surface area (Å²) in [5, 5.41) is 0. The summed E-state index contributed by atoms with van der Waals surface area (Å²) in [4.78, 5) is 6.90. The molecule has 6 nitrogen and oxygen atoms in total. The molecule has 2 N–H and O–H groups in total. The number of aryl methyl sites for hydroxylation is 1.